The summed E-state index contributed by atoms with van der Waals surface area (Å²) >= 11 is 0. The van der Waals surface area contributed by atoms with Crippen molar-refractivity contribution in [3.63, 3.8) is 0 Å². The summed E-state index contributed by atoms with van der Waals surface area (Å²) in [6.45, 7) is 1.62. The summed E-state index contributed by atoms with van der Waals surface area (Å²) in [7, 11) is 0. The van der Waals surface area contributed by atoms with Gasteiger partial charge < -0.3 is 0 Å². The molecule has 0 aliphatic heterocycles. The summed E-state index contributed by atoms with van der Waals surface area (Å²) in [5.74, 6) is 0.755. The number of ketones is 2. The van der Waals surface area contributed by atoms with Crippen LogP contribution in [0, 0.1) is 0 Å². The highest BCUT2D eigenvalue weighted by Crippen LogP contribution is 2.10. The fraction of sp³-hybridized carbons (Fsp3) is 0.125. The van der Waals surface area contributed by atoms with E-state index in [2.05, 4.69) is 0 Å². The van der Waals surface area contributed by atoms with E-state index >= 15 is 0 Å². The first-order valence-electron chi connectivity index (χ1n) is 5.87. The van der Waals surface area contributed by atoms with Gasteiger partial charge in [0.1, 0.15) is 0 Å². The Morgan fingerprint density at radius 1 is 0.889 bits per heavy atom. The largest absolute Gasteiger partial charge is 0.358 e. The molecule has 0 N–H and O–H groups in total. The van der Waals surface area contributed by atoms with Crippen LogP contribution in [-0.4, -0.2) is 18.2 Å². The van der Waals surface area contributed by atoms with Crippen LogP contribution < -0.4 is 0 Å². The monoisotopic (exact) mass is 239 g/mol. The Labute approximate surface area is 107 Å². The van der Waals surface area contributed by atoms with Crippen LogP contribution in [0.1, 0.15) is 22.5 Å². The predicted octanol–water partition coefficient (Wildman–Crippen LogP) is 3.04. The highest BCUT2D eigenvalue weighted by molar-refractivity contribution is 6.09. The van der Waals surface area contributed by atoms with E-state index in [0.29, 0.717) is 0 Å². The molecule has 0 saturated heterocycles. The molecule has 0 aliphatic carbocycles. The summed E-state index contributed by atoms with van der Waals surface area (Å²) in [6.07, 6.45) is 0. The van der Waals surface area contributed by atoms with Crippen LogP contribution in [-0.2, 0) is 4.79 Å². The maximum atomic E-state index is 11.1. The molecule has 0 saturated carbocycles. The van der Waals surface area contributed by atoms with Gasteiger partial charge in [-0.1, -0.05) is 36.4 Å². The van der Waals surface area contributed by atoms with Crippen molar-refractivity contribution in [1.82, 2.24) is 0 Å². The Bertz CT molecular complexity index is 500. The van der Waals surface area contributed by atoms with Crippen LogP contribution in [0.4, 0.5) is 0 Å². The Morgan fingerprint density at radius 3 is 1.72 bits per heavy atom. The van der Waals surface area contributed by atoms with Crippen molar-refractivity contribution in [2.24, 2.45) is 0 Å². The lowest BCUT2D eigenvalue weighted by atomic mass is 10.0. The fourth-order valence-electron chi connectivity index (χ4n) is 1.69. The van der Waals surface area contributed by atoms with E-state index in [1.807, 2.05) is 60.7 Å². The first-order valence-corrected chi connectivity index (χ1v) is 5.87. The highest BCUT2D eigenvalue weighted by atomic mass is 16.4. The zero-order valence-corrected chi connectivity index (χ0v) is 10.3. The average molecular weight is 239 g/mol. The van der Waals surface area contributed by atoms with Gasteiger partial charge in [0.15, 0.2) is 0 Å². The minimum Gasteiger partial charge on any atom is -0.290 e. The van der Waals surface area contributed by atoms with Crippen molar-refractivity contribution in [2.45, 2.75) is 6.92 Å². The molecule has 2 rings (SSSR count). The Kier molecular flexibility index (Phi) is 4.02. The molecule has 0 heterocycles. The standard InChI is InChI=1S/C16H15O2/c1-13(17)12-18-16(14-8-4-2-5-9-14)15-10-6-3-7-11-15/h2-11H,12H2,1H3/q+1. The third kappa shape index (κ3) is 3.14. The molecule has 0 bridgehead atoms. The summed E-state index contributed by atoms with van der Waals surface area (Å²) < 4.78 is 5.64. The van der Waals surface area contributed by atoms with Gasteiger partial charge in [0.05, 0.1) is 11.1 Å². The molecule has 2 aromatic carbocycles. The molecule has 0 aliphatic rings. The molecule has 0 amide bonds. The molecular formula is C16H15O2+. The van der Waals surface area contributed by atoms with Crippen molar-refractivity contribution in [2.75, 3.05) is 6.61 Å². The molecule has 0 spiro atoms. The third-order valence-corrected chi connectivity index (χ3v) is 2.49. The molecule has 0 fully saturated rings. The summed E-state index contributed by atoms with van der Waals surface area (Å²) in [4.78, 5) is 11.1. The molecule has 2 heteroatoms. The van der Waals surface area contributed by atoms with Crippen molar-refractivity contribution < 1.29 is 9.22 Å². The molecule has 0 unspecified atom stereocenters. The topological polar surface area (TPSA) is 28.4 Å². The first-order chi connectivity index (χ1) is 8.77. The van der Waals surface area contributed by atoms with Crippen molar-refractivity contribution in [1.29, 1.82) is 0 Å². The third-order valence-electron chi connectivity index (χ3n) is 2.49. The number of carbonyl (C=O) groups excluding carboxylic acids is 2. The Hall–Kier alpha value is -2.22. The fourth-order valence-corrected chi connectivity index (χ4v) is 1.69. The van der Waals surface area contributed by atoms with Gasteiger partial charge in [-0.05, 0) is 24.3 Å². The first kappa shape index (κ1) is 12.2. The van der Waals surface area contributed by atoms with E-state index in [1.165, 1.54) is 6.92 Å². The van der Waals surface area contributed by atoms with Crippen LogP contribution >= 0.6 is 0 Å². The van der Waals surface area contributed by atoms with Gasteiger partial charge in [0.25, 0.3) is 0 Å². The Balaban J connectivity index is 2.42. The molecule has 18 heavy (non-hydrogen) atoms. The van der Waals surface area contributed by atoms with E-state index in [-0.39, 0.29) is 12.4 Å². The minimum absolute atomic E-state index is 0.0133. The number of carbonyl (C=O) groups is 1. The molecule has 0 atom stereocenters. The van der Waals surface area contributed by atoms with E-state index < -0.39 is 0 Å². The predicted molar refractivity (Wildman–Crippen MR) is 71.9 cm³/mol. The van der Waals surface area contributed by atoms with Gasteiger partial charge in [-0.3, -0.25) is 4.79 Å². The lowest BCUT2D eigenvalue weighted by Gasteiger charge is -1.97. The maximum absolute atomic E-state index is 11.1. The zero-order chi connectivity index (χ0) is 12.8. The smallest absolute Gasteiger partial charge is 0.290 e. The number of hydrogen-bond acceptors (Lipinski definition) is 1. The molecule has 2 nitrogen and oxygen atoms in total. The second kappa shape index (κ2) is 5.92. The van der Waals surface area contributed by atoms with Gasteiger partial charge in [-0.25, -0.2) is 4.42 Å². The SMILES string of the molecule is CC(=O)C[O+]=C(c1ccccc1)c1ccccc1. The highest BCUT2D eigenvalue weighted by Gasteiger charge is 2.18. The van der Waals surface area contributed by atoms with Crippen molar-refractivity contribution >= 4 is 11.6 Å². The minimum atomic E-state index is 0.0133. The number of Topliss-reactive ketones (excluding diaryl/α,β-unsaturated/α-hetero) is 1. The number of rotatable bonds is 4. The van der Waals surface area contributed by atoms with Gasteiger partial charge in [0, 0.05) is 6.92 Å². The van der Waals surface area contributed by atoms with Crippen LogP contribution in [0.2, 0.25) is 0 Å². The van der Waals surface area contributed by atoms with Crippen LogP contribution in [0.3, 0.4) is 0 Å². The van der Waals surface area contributed by atoms with E-state index in [4.69, 9.17) is 4.42 Å². The van der Waals surface area contributed by atoms with E-state index in [9.17, 15) is 4.79 Å². The van der Waals surface area contributed by atoms with Crippen LogP contribution in [0.5, 0.6) is 0 Å². The summed E-state index contributed by atoms with van der Waals surface area (Å²) in [5.41, 5.74) is 1.95. The zero-order valence-electron chi connectivity index (χ0n) is 10.3. The molecular weight excluding hydrogens is 224 g/mol. The summed E-state index contributed by atoms with van der Waals surface area (Å²) in [5, 5.41) is 0. The second-order valence-electron chi connectivity index (χ2n) is 4.05. The number of hydrogen-bond donors (Lipinski definition) is 0. The quantitative estimate of drug-likeness (QED) is 0.595. The van der Waals surface area contributed by atoms with Crippen LogP contribution in [0.15, 0.2) is 60.7 Å². The van der Waals surface area contributed by atoms with E-state index in [0.717, 1.165) is 16.9 Å². The van der Waals surface area contributed by atoms with Crippen molar-refractivity contribution in [3.8, 4) is 0 Å². The van der Waals surface area contributed by atoms with Crippen LogP contribution in [0.25, 0.3) is 0 Å². The molecule has 90 valence electrons. The number of benzene rings is 2. The second-order valence-corrected chi connectivity index (χ2v) is 4.05. The molecule has 2 aromatic rings. The lowest BCUT2D eigenvalue weighted by molar-refractivity contribution is -0.259. The van der Waals surface area contributed by atoms with Gasteiger partial charge >= 0.3 is 12.4 Å². The summed E-state index contributed by atoms with van der Waals surface area (Å²) in [6, 6.07) is 19.6. The molecule has 0 radical (unpaired) electrons. The van der Waals surface area contributed by atoms with Gasteiger partial charge in [0.2, 0.25) is 5.78 Å². The molecule has 0 aromatic heterocycles. The average Bonchev–Trinajstić information content (AvgIpc) is 2.41. The van der Waals surface area contributed by atoms with E-state index in [1.54, 1.807) is 0 Å². The van der Waals surface area contributed by atoms with Gasteiger partial charge in [-0.15, -0.1) is 0 Å². The normalized spacial score (nSPS) is 9.83. The Morgan fingerprint density at radius 2 is 1.33 bits per heavy atom. The van der Waals surface area contributed by atoms with Gasteiger partial charge in [-0.2, -0.15) is 0 Å². The lowest BCUT2D eigenvalue weighted by Crippen LogP contribution is -2.07. The van der Waals surface area contributed by atoms with Crippen molar-refractivity contribution in [3.05, 3.63) is 71.8 Å². The maximum Gasteiger partial charge on any atom is 0.358 e.